The predicted molar refractivity (Wildman–Crippen MR) is 100 cm³/mol. The summed E-state index contributed by atoms with van der Waals surface area (Å²) in [5.74, 6) is 0.334. The van der Waals surface area contributed by atoms with Crippen LogP contribution in [0.15, 0.2) is 39.5 Å². The Labute approximate surface area is 152 Å². The monoisotopic (exact) mass is 358 g/mol. The van der Waals surface area contributed by atoms with Gasteiger partial charge in [-0.3, -0.25) is 4.79 Å². The summed E-state index contributed by atoms with van der Waals surface area (Å²) in [6.07, 6.45) is 7.73. The van der Waals surface area contributed by atoms with Gasteiger partial charge in [0.25, 0.3) is 5.91 Å². The van der Waals surface area contributed by atoms with Crippen LogP contribution in [0.3, 0.4) is 0 Å². The highest BCUT2D eigenvalue weighted by Crippen LogP contribution is 2.19. The van der Waals surface area contributed by atoms with Crippen molar-refractivity contribution < 1.29 is 13.9 Å². The van der Waals surface area contributed by atoms with Crippen molar-refractivity contribution in [1.82, 2.24) is 10.6 Å². The average molecular weight is 358 g/mol. The Morgan fingerprint density at radius 3 is 2.65 bits per heavy atom. The fourth-order valence-electron chi connectivity index (χ4n) is 3.29. The fourth-order valence-corrected chi connectivity index (χ4v) is 3.29. The molecule has 26 heavy (non-hydrogen) atoms. The number of hydrogen-bond acceptors (Lipinski definition) is 5. The SMILES string of the molecule is O=C(COc1ccc2ccc(=O)oc2c1)NCCNC1CCCCCC1. The Balaban J connectivity index is 1.37. The molecule has 0 spiro atoms. The van der Waals surface area contributed by atoms with Gasteiger partial charge in [0.15, 0.2) is 6.61 Å². The molecule has 0 aliphatic heterocycles. The molecule has 1 saturated carbocycles. The molecule has 2 N–H and O–H groups in total. The third kappa shape index (κ3) is 5.59. The Bertz CT molecular complexity index is 779. The van der Waals surface area contributed by atoms with Gasteiger partial charge in [-0.25, -0.2) is 4.79 Å². The first-order valence-electron chi connectivity index (χ1n) is 9.37. The van der Waals surface area contributed by atoms with E-state index < -0.39 is 5.63 Å². The smallest absolute Gasteiger partial charge is 0.336 e. The molecule has 2 aromatic rings. The largest absolute Gasteiger partial charge is 0.484 e. The minimum Gasteiger partial charge on any atom is -0.484 e. The summed E-state index contributed by atoms with van der Waals surface area (Å²) in [5, 5.41) is 7.18. The number of ether oxygens (including phenoxy) is 1. The Kier molecular flexibility index (Phi) is 6.66. The molecule has 3 rings (SSSR count). The van der Waals surface area contributed by atoms with Crippen molar-refractivity contribution in [3.8, 4) is 5.75 Å². The maximum atomic E-state index is 11.9. The van der Waals surface area contributed by atoms with Crippen LogP contribution in [0.2, 0.25) is 0 Å². The highest BCUT2D eigenvalue weighted by atomic mass is 16.5. The maximum absolute atomic E-state index is 11.9. The lowest BCUT2D eigenvalue weighted by molar-refractivity contribution is -0.123. The average Bonchev–Trinajstić information content (AvgIpc) is 2.92. The highest BCUT2D eigenvalue weighted by molar-refractivity contribution is 5.79. The van der Waals surface area contributed by atoms with Gasteiger partial charge in [-0.05, 0) is 31.0 Å². The van der Waals surface area contributed by atoms with Gasteiger partial charge in [0.2, 0.25) is 0 Å². The third-order valence-electron chi connectivity index (χ3n) is 4.70. The van der Waals surface area contributed by atoms with E-state index in [1.165, 1.54) is 44.6 Å². The molecule has 1 aromatic heterocycles. The quantitative estimate of drug-likeness (QED) is 0.452. The van der Waals surface area contributed by atoms with Crippen molar-refractivity contribution in [2.75, 3.05) is 19.7 Å². The number of rotatable bonds is 7. The minimum absolute atomic E-state index is 0.0635. The van der Waals surface area contributed by atoms with Crippen LogP contribution < -0.4 is 21.0 Å². The van der Waals surface area contributed by atoms with E-state index in [-0.39, 0.29) is 12.5 Å². The first-order chi connectivity index (χ1) is 12.7. The zero-order chi connectivity index (χ0) is 18.2. The Hall–Kier alpha value is -2.34. The minimum atomic E-state index is -0.409. The van der Waals surface area contributed by atoms with Crippen LogP contribution >= 0.6 is 0 Å². The van der Waals surface area contributed by atoms with Crippen LogP contribution in [0, 0.1) is 0 Å². The Morgan fingerprint density at radius 1 is 1.08 bits per heavy atom. The first kappa shape index (κ1) is 18.5. The van der Waals surface area contributed by atoms with Gasteiger partial charge < -0.3 is 19.8 Å². The van der Waals surface area contributed by atoms with Crippen LogP contribution in [0.25, 0.3) is 11.0 Å². The van der Waals surface area contributed by atoms with Gasteiger partial charge >= 0.3 is 5.63 Å². The van der Waals surface area contributed by atoms with Crippen LogP contribution in [0.4, 0.5) is 0 Å². The zero-order valence-corrected chi connectivity index (χ0v) is 15.0. The van der Waals surface area contributed by atoms with Gasteiger partial charge in [-0.1, -0.05) is 25.7 Å². The van der Waals surface area contributed by atoms with Gasteiger partial charge in [0.1, 0.15) is 11.3 Å². The van der Waals surface area contributed by atoms with Crippen LogP contribution in [-0.2, 0) is 4.79 Å². The summed E-state index contributed by atoms with van der Waals surface area (Å²) in [5.41, 5.74) is 0.0385. The normalized spacial score (nSPS) is 15.5. The van der Waals surface area contributed by atoms with Gasteiger partial charge in [-0.15, -0.1) is 0 Å². The van der Waals surface area contributed by atoms with E-state index in [9.17, 15) is 9.59 Å². The Morgan fingerprint density at radius 2 is 1.85 bits per heavy atom. The van der Waals surface area contributed by atoms with Crippen molar-refractivity contribution in [1.29, 1.82) is 0 Å². The summed E-state index contributed by atoms with van der Waals surface area (Å²) in [6.45, 7) is 1.30. The molecule has 1 aromatic carbocycles. The standard InChI is InChI=1S/C20H26N2O4/c23-19(22-12-11-21-16-5-3-1-2-4-6-16)14-25-17-9-7-15-8-10-20(24)26-18(15)13-17/h7-10,13,16,21H,1-6,11-12,14H2,(H,22,23). The lowest BCUT2D eigenvalue weighted by atomic mass is 10.1. The molecule has 140 valence electrons. The van der Waals surface area contributed by atoms with Crippen LogP contribution in [0.1, 0.15) is 38.5 Å². The number of benzene rings is 1. The molecule has 6 heteroatoms. The summed E-state index contributed by atoms with van der Waals surface area (Å²) < 4.78 is 10.6. The molecule has 1 aliphatic carbocycles. The second kappa shape index (κ2) is 9.38. The van der Waals surface area contributed by atoms with Crippen LogP contribution in [-0.4, -0.2) is 31.6 Å². The molecule has 0 radical (unpaired) electrons. The van der Waals surface area contributed by atoms with E-state index in [1.54, 1.807) is 24.3 Å². The predicted octanol–water partition coefficient (Wildman–Crippen LogP) is 2.60. The molecule has 1 amide bonds. The van der Waals surface area contributed by atoms with E-state index in [4.69, 9.17) is 9.15 Å². The number of fused-ring (bicyclic) bond motifs is 1. The summed E-state index contributed by atoms with van der Waals surface area (Å²) in [6, 6.07) is 8.82. The van der Waals surface area contributed by atoms with Gasteiger partial charge in [-0.2, -0.15) is 0 Å². The van der Waals surface area contributed by atoms with E-state index >= 15 is 0 Å². The molecule has 0 unspecified atom stereocenters. The molecule has 0 saturated heterocycles. The second-order valence-corrected chi connectivity index (χ2v) is 6.74. The molecule has 1 aliphatic rings. The fraction of sp³-hybridized carbons (Fsp3) is 0.500. The van der Waals surface area contributed by atoms with Crippen molar-refractivity contribution in [3.63, 3.8) is 0 Å². The number of carbonyl (C=O) groups is 1. The summed E-state index contributed by atoms with van der Waals surface area (Å²) >= 11 is 0. The lowest BCUT2D eigenvalue weighted by Crippen LogP contribution is -2.38. The third-order valence-corrected chi connectivity index (χ3v) is 4.70. The maximum Gasteiger partial charge on any atom is 0.336 e. The lowest BCUT2D eigenvalue weighted by Gasteiger charge is -2.16. The molecule has 1 heterocycles. The molecular formula is C20H26N2O4. The number of carbonyl (C=O) groups excluding carboxylic acids is 1. The molecule has 0 bridgehead atoms. The summed E-state index contributed by atoms with van der Waals surface area (Å²) in [7, 11) is 0. The van der Waals surface area contributed by atoms with Gasteiger partial charge in [0, 0.05) is 36.7 Å². The number of amides is 1. The van der Waals surface area contributed by atoms with E-state index in [2.05, 4.69) is 10.6 Å². The van der Waals surface area contributed by atoms with Crippen molar-refractivity contribution >= 4 is 16.9 Å². The van der Waals surface area contributed by atoms with Gasteiger partial charge in [0.05, 0.1) is 0 Å². The van der Waals surface area contributed by atoms with E-state index in [0.717, 1.165) is 11.9 Å². The topological polar surface area (TPSA) is 80.6 Å². The zero-order valence-electron chi connectivity index (χ0n) is 15.0. The molecular weight excluding hydrogens is 332 g/mol. The number of hydrogen-bond donors (Lipinski definition) is 2. The highest BCUT2D eigenvalue weighted by Gasteiger charge is 2.11. The van der Waals surface area contributed by atoms with E-state index in [1.807, 2.05) is 0 Å². The first-order valence-corrected chi connectivity index (χ1v) is 9.37. The van der Waals surface area contributed by atoms with Crippen LogP contribution in [0.5, 0.6) is 5.75 Å². The summed E-state index contributed by atoms with van der Waals surface area (Å²) in [4.78, 5) is 23.2. The van der Waals surface area contributed by atoms with Crippen molar-refractivity contribution in [3.05, 3.63) is 40.8 Å². The molecule has 6 nitrogen and oxygen atoms in total. The van der Waals surface area contributed by atoms with Crippen molar-refractivity contribution in [2.45, 2.75) is 44.6 Å². The molecule has 0 atom stereocenters. The second-order valence-electron chi connectivity index (χ2n) is 6.74. The van der Waals surface area contributed by atoms with E-state index in [0.29, 0.717) is 23.9 Å². The van der Waals surface area contributed by atoms with Crippen molar-refractivity contribution in [2.24, 2.45) is 0 Å². The molecule has 1 fully saturated rings. The number of nitrogens with one attached hydrogen (secondary N) is 2.